The number of nitrogens with one attached hydrogen (secondary N) is 2. The minimum absolute atomic E-state index is 0.0700. The van der Waals surface area contributed by atoms with Crippen molar-refractivity contribution < 1.29 is 4.79 Å². The first-order chi connectivity index (χ1) is 7.74. The fraction of sp³-hybridized carbons (Fsp3) is 0.333. The first-order valence-electron chi connectivity index (χ1n) is 5.49. The summed E-state index contributed by atoms with van der Waals surface area (Å²) in [4.78, 5) is 11.9. The van der Waals surface area contributed by atoms with E-state index < -0.39 is 0 Å². The molecule has 2 N–H and O–H groups in total. The maximum absolute atomic E-state index is 11.9. The van der Waals surface area contributed by atoms with E-state index in [-0.39, 0.29) is 5.91 Å². The van der Waals surface area contributed by atoms with Crippen LogP contribution in [0.1, 0.15) is 28.9 Å². The van der Waals surface area contributed by atoms with Crippen molar-refractivity contribution in [3.05, 3.63) is 29.5 Å². The molecule has 0 atom stereocenters. The standard InChI is InChI=1S/C12H13N3O/c1-7-2-5-10-9(6-7)11(15-14-10)12(16)13-8-3-4-8/h2,5-6,8H,3-4H2,1H3,(H,13,16)(H,14,15). The number of amides is 1. The van der Waals surface area contributed by atoms with Crippen LogP contribution in [0.25, 0.3) is 10.9 Å². The molecule has 1 aromatic carbocycles. The smallest absolute Gasteiger partial charge is 0.272 e. The highest BCUT2D eigenvalue weighted by Crippen LogP contribution is 2.21. The van der Waals surface area contributed by atoms with Crippen molar-refractivity contribution in [1.82, 2.24) is 15.5 Å². The van der Waals surface area contributed by atoms with Gasteiger partial charge in [0.1, 0.15) is 0 Å². The Morgan fingerprint density at radius 1 is 1.50 bits per heavy atom. The lowest BCUT2D eigenvalue weighted by molar-refractivity contribution is 0.0947. The number of benzene rings is 1. The van der Waals surface area contributed by atoms with Gasteiger partial charge in [0.05, 0.1) is 5.52 Å². The summed E-state index contributed by atoms with van der Waals surface area (Å²) >= 11 is 0. The molecular formula is C12H13N3O. The van der Waals surface area contributed by atoms with E-state index >= 15 is 0 Å². The van der Waals surface area contributed by atoms with Gasteiger partial charge in [-0.2, -0.15) is 5.10 Å². The van der Waals surface area contributed by atoms with Crippen LogP contribution in [0.2, 0.25) is 0 Å². The van der Waals surface area contributed by atoms with Crippen LogP contribution in [0.5, 0.6) is 0 Å². The summed E-state index contributed by atoms with van der Waals surface area (Å²) in [5, 5.41) is 10.8. The molecule has 4 heteroatoms. The van der Waals surface area contributed by atoms with E-state index in [1.54, 1.807) is 0 Å². The molecule has 0 aliphatic heterocycles. The largest absolute Gasteiger partial charge is 0.348 e. The van der Waals surface area contributed by atoms with Crippen LogP contribution in [0.3, 0.4) is 0 Å². The fourth-order valence-electron chi connectivity index (χ4n) is 1.78. The Morgan fingerprint density at radius 3 is 3.06 bits per heavy atom. The minimum atomic E-state index is -0.0700. The van der Waals surface area contributed by atoms with Crippen molar-refractivity contribution in [3.63, 3.8) is 0 Å². The highest BCUT2D eigenvalue weighted by atomic mass is 16.2. The summed E-state index contributed by atoms with van der Waals surface area (Å²) in [6, 6.07) is 6.30. The van der Waals surface area contributed by atoms with Gasteiger partial charge < -0.3 is 5.32 Å². The van der Waals surface area contributed by atoms with E-state index in [0.29, 0.717) is 11.7 Å². The number of hydrogen-bond acceptors (Lipinski definition) is 2. The van der Waals surface area contributed by atoms with Gasteiger partial charge in [0.25, 0.3) is 5.91 Å². The Labute approximate surface area is 93.0 Å². The van der Waals surface area contributed by atoms with Crippen LogP contribution in [0.15, 0.2) is 18.2 Å². The molecular weight excluding hydrogens is 202 g/mol. The van der Waals surface area contributed by atoms with E-state index in [1.165, 1.54) is 0 Å². The predicted molar refractivity (Wildman–Crippen MR) is 61.3 cm³/mol. The summed E-state index contributed by atoms with van der Waals surface area (Å²) in [5.41, 5.74) is 2.55. The van der Waals surface area contributed by atoms with Crippen molar-refractivity contribution in [2.75, 3.05) is 0 Å². The summed E-state index contributed by atoms with van der Waals surface area (Å²) < 4.78 is 0. The van der Waals surface area contributed by atoms with E-state index in [2.05, 4.69) is 15.5 Å². The van der Waals surface area contributed by atoms with E-state index in [9.17, 15) is 4.79 Å². The molecule has 1 saturated carbocycles. The highest BCUT2D eigenvalue weighted by molar-refractivity contribution is 6.04. The monoisotopic (exact) mass is 215 g/mol. The second-order valence-corrected chi connectivity index (χ2v) is 4.37. The zero-order chi connectivity index (χ0) is 11.1. The van der Waals surface area contributed by atoms with Gasteiger partial charge >= 0.3 is 0 Å². The molecule has 0 unspecified atom stereocenters. The molecule has 0 spiro atoms. The highest BCUT2D eigenvalue weighted by Gasteiger charge is 2.25. The number of aromatic amines is 1. The number of fused-ring (bicyclic) bond motifs is 1. The molecule has 4 nitrogen and oxygen atoms in total. The van der Waals surface area contributed by atoms with Crippen molar-refractivity contribution in [3.8, 4) is 0 Å². The third-order valence-electron chi connectivity index (χ3n) is 2.85. The van der Waals surface area contributed by atoms with Gasteiger partial charge in [0.15, 0.2) is 5.69 Å². The van der Waals surface area contributed by atoms with Gasteiger partial charge in [0, 0.05) is 11.4 Å². The van der Waals surface area contributed by atoms with Crippen LogP contribution < -0.4 is 5.32 Å². The van der Waals surface area contributed by atoms with Gasteiger partial charge in [-0.3, -0.25) is 9.89 Å². The zero-order valence-corrected chi connectivity index (χ0v) is 9.08. The summed E-state index contributed by atoms with van der Waals surface area (Å²) in [5.74, 6) is -0.0700. The Bertz CT molecular complexity index is 554. The molecule has 1 amide bonds. The lowest BCUT2D eigenvalue weighted by Crippen LogP contribution is -2.25. The topological polar surface area (TPSA) is 57.8 Å². The number of nitrogens with zero attached hydrogens (tertiary/aromatic N) is 1. The van der Waals surface area contributed by atoms with Crippen molar-refractivity contribution in [2.24, 2.45) is 0 Å². The molecule has 2 aromatic rings. The van der Waals surface area contributed by atoms with E-state index in [4.69, 9.17) is 0 Å². The lowest BCUT2D eigenvalue weighted by Gasteiger charge is -2.00. The molecule has 82 valence electrons. The normalized spacial score (nSPS) is 15.3. The summed E-state index contributed by atoms with van der Waals surface area (Å²) in [6.07, 6.45) is 2.18. The maximum atomic E-state index is 11.9. The Balaban J connectivity index is 2.01. The molecule has 1 aliphatic rings. The van der Waals surface area contributed by atoms with Gasteiger partial charge in [-0.05, 0) is 31.9 Å². The fourth-order valence-corrected chi connectivity index (χ4v) is 1.78. The molecule has 0 bridgehead atoms. The van der Waals surface area contributed by atoms with Crippen molar-refractivity contribution in [1.29, 1.82) is 0 Å². The van der Waals surface area contributed by atoms with Crippen LogP contribution >= 0.6 is 0 Å². The number of carbonyl (C=O) groups is 1. The van der Waals surface area contributed by atoms with Crippen LogP contribution in [-0.4, -0.2) is 22.1 Å². The molecule has 16 heavy (non-hydrogen) atoms. The van der Waals surface area contributed by atoms with Crippen molar-refractivity contribution in [2.45, 2.75) is 25.8 Å². The molecule has 1 aromatic heterocycles. The van der Waals surface area contributed by atoms with Crippen LogP contribution in [0.4, 0.5) is 0 Å². The Hall–Kier alpha value is -1.84. The molecule has 1 fully saturated rings. The first kappa shape index (κ1) is 9.39. The molecule has 1 heterocycles. The number of carbonyl (C=O) groups excluding carboxylic acids is 1. The van der Waals surface area contributed by atoms with Crippen LogP contribution in [0, 0.1) is 6.92 Å². The second-order valence-electron chi connectivity index (χ2n) is 4.37. The van der Waals surface area contributed by atoms with E-state index in [1.807, 2.05) is 25.1 Å². The first-order valence-corrected chi connectivity index (χ1v) is 5.49. The molecule has 3 rings (SSSR count). The lowest BCUT2D eigenvalue weighted by atomic mass is 10.1. The molecule has 1 aliphatic carbocycles. The number of aromatic nitrogens is 2. The minimum Gasteiger partial charge on any atom is -0.348 e. The van der Waals surface area contributed by atoms with Gasteiger partial charge in [0.2, 0.25) is 0 Å². The summed E-state index contributed by atoms with van der Waals surface area (Å²) in [7, 11) is 0. The Kier molecular flexibility index (Phi) is 1.96. The molecule has 0 radical (unpaired) electrons. The Morgan fingerprint density at radius 2 is 2.31 bits per heavy atom. The van der Waals surface area contributed by atoms with Crippen molar-refractivity contribution >= 4 is 16.8 Å². The average molecular weight is 215 g/mol. The van der Waals surface area contributed by atoms with Gasteiger partial charge in [-0.15, -0.1) is 0 Å². The summed E-state index contributed by atoms with van der Waals surface area (Å²) in [6.45, 7) is 2.01. The van der Waals surface area contributed by atoms with E-state index in [0.717, 1.165) is 29.3 Å². The average Bonchev–Trinajstić information content (AvgIpc) is 2.96. The number of hydrogen-bond donors (Lipinski definition) is 2. The maximum Gasteiger partial charge on any atom is 0.272 e. The number of H-pyrrole nitrogens is 1. The number of rotatable bonds is 2. The quantitative estimate of drug-likeness (QED) is 0.802. The second kappa shape index (κ2) is 3.33. The third-order valence-corrected chi connectivity index (χ3v) is 2.85. The zero-order valence-electron chi connectivity index (χ0n) is 9.08. The van der Waals surface area contributed by atoms with Crippen LogP contribution in [-0.2, 0) is 0 Å². The SMILES string of the molecule is Cc1ccc2[nH]nc(C(=O)NC3CC3)c2c1. The van der Waals surface area contributed by atoms with Gasteiger partial charge in [-0.1, -0.05) is 11.6 Å². The number of aryl methyl sites for hydroxylation is 1. The predicted octanol–water partition coefficient (Wildman–Crippen LogP) is 1.76. The molecule has 0 saturated heterocycles. The third kappa shape index (κ3) is 1.56. The van der Waals surface area contributed by atoms with Gasteiger partial charge in [-0.25, -0.2) is 0 Å².